The molecule has 1 unspecified atom stereocenters. The van der Waals surface area contributed by atoms with Crippen LogP contribution in [0.25, 0.3) is 0 Å². The first-order valence-electron chi connectivity index (χ1n) is 6.11. The summed E-state index contributed by atoms with van der Waals surface area (Å²) in [5, 5.41) is 15.9. The van der Waals surface area contributed by atoms with Crippen molar-refractivity contribution in [1.29, 1.82) is 0 Å². The predicted molar refractivity (Wildman–Crippen MR) is 66.8 cm³/mol. The fourth-order valence-electron chi connectivity index (χ4n) is 2.79. The highest BCUT2D eigenvalue weighted by atomic mass is 16.4. The van der Waals surface area contributed by atoms with Gasteiger partial charge in [0.05, 0.1) is 11.9 Å². The van der Waals surface area contributed by atoms with E-state index in [1.165, 1.54) is 17.3 Å². The van der Waals surface area contributed by atoms with Crippen LogP contribution >= 0.6 is 0 Å². The summed E-state index contributed by atoms with van der Waals surface area (Å²) in [5.74, 6) is -0.787. The molecule has 1 aliphatic carbocycles. The minimum absolute atomic E-state index is 0.128. The zero-order valence-corrected chi connectivity index (χ0v) is 9.89. The number of aromatic amines is 1. The van der Waals surface area contributed by atoms with Gasteiger partial charge in [0, 0.05) is 5.92 Å². The topological polar surface area (TPSA) is 66.0 Å². The minimum atomic E-state index is -0.915. The van der Waals surface area contributed by atoms with Crippen LogP contribution in [-0.4, -0.2) is 21.3 Å². The van der Waals surface area contributed by atoms with Crippen molar-refractivity contribution < 1.29 is 9.90 Å². The molecule has 2 N–H and O–H groups in total. The Labute approximate surface area is 105 Å². The third kappa shape index (κ3) is 1.70. The fraction of sp³-hybridized carbons (Fsp3) is 0.286. The van der Waals surface area contributed by atoms with Gasteiger partial charge in [0.25, 0.3) is 0 Å². The van der Waals surface area contributed by atoms with Crippen LogP contribution < -0.4 is 0 Å². The summed E-state index contributed by atoms with van der Waals surface area (Å²) >= 11 is 0. The number of benzene rings is 1. The molecule has 0 fully saturated rings. The average Bonchev–Trinajstić information content (AvgIpc) is 2.87. The molecular formula is C14H14N2O2. The van der Waals surface area contributed by atoms with Gasteiger partial charge in [-0.15, -0.1) is 0 Å². The van der Waals surface area contributed by atoms with E-state index in [1.54, 1.807) is 0 Å². The molecule has 1 atom stereocenters. The largest absolute Gasteiger partial charge is 0.478 e. The van der Waals surface area contributed by atoms with E-state index in [0.717, 1.165) is 25.0 Å². The SMILES string of the molecule is O=C(O)c1cn[nH]c1C1CCCc2ccccc21. The maximum atomic E-state index is 11.2. The van der Waals surface area contributed by atoms with Gasteiger partial charge in [0.2, 0.25) is 0 Å². The second kappa shape index (κ2) is 4.29. The van der Waals surface area contributed by atoms with Crippen LogP contribution in [0.4, 0.5) is 0 Å². The molecule has 0 aliphatic heterocycles. The smallest absolute Gasteiger partial charge is 0.339 e. The van der Waals surface area contributed by atoms with Gasteiger partial charge in [-0.3, -0.25) is 5.10 Å². The number of hydrogen-bond acceptors (Lipinski definition) is 2. The molecule has 0 saturated heterocycles. The molecule has 0 bridgehead atoms. The number of carbonyl (C=O) groups is 1. The minimum Gasteiger partial charge on any atom is -0.478 e. The fourth-order valence-corrected chi connectivity index (χ4v) is 2.79. The number of nitrogens with zero attached hydrogens (tertiary/aromatic N) is 1. The van der Waals surface area contributed by atoms with Gasteiger partial charge in [-0.25, -0.2) is 4.79 Å². The Hall–Kier alpha value is -2.10. The van der Waals surface area contributed by atoms with Gasteiger partial charge < -0.3 is 5.11 Å². The molecule has 1 aromatic heterocycles. The number of carboxylic acids is 1. The maximum absolute atomic E-state index is 11.2. The molecule has 1 aromatic carbocycles. The molecule has 2 aromatic rings. The van der Waals surface area contributed by atoms with Crippen LogP contribution in [0.15, 0.2) is 30.5 Å². The molecule has 3 rings (SSSR count). The van der Waals surface area contributed by atoms with Crippen molar-refractivity contribution in [2.75, 3.05) is 0 Å². The molecule has 4 heteroatoms. The molecule has 1 aliphatic rings. The van der Waals surface area contributed by atoms with Crippen molar-refractivity contribution in [3.8, 4) is 0 Å². The van der Waals surface area contributed by atoms with Crippen LogP contribution in [0.2, 0.25) is 0 Å². The summed E-state index contributed by atoms with van der Waals surface area (Å²) in [4.78, 5) is 11.2. The summed E-state index contributed by atoms with van der Waals surface area (Å²) < 4.78 is 0. The van der Waals surface area contributed by atoms with Crippen LogP contribution in [0.5, 0.6) is 0 Å². The Morgan fingerprint density at radius 2 is 2.22 bits per heavy atom. The van der Waals surface area contributed by atoms with E-state index >= 15 is 0 Å². The lowest BCUT2D eigenvalue weighted by Gasteiger charge is -2.24. The van der Waals surface area contributed by atoms with Gasteiger partial charge in [-0.05, 0) is 30.4 Å². The molecule has 92 valence electrons. The maximum Gasteiger partial charge on any atom is 0.339 e. The molecule has 0 amide bonds. The van der Waals surface area contributed by atoms with E-state index in [4.69, 9.17) is 0 Å². The van der Waals surface area contributed by atoms with Gasteiger partial charge in [0.1, 0.15) is 5.56 Å². The Morgan fingerprint density at radius 1 is 1.39 bits per heavy atom. The first-order chi connectivity index (χ1) is 8.77. The molecular weight excluding hydrogens is 228 g/mol. The van der Waals surface area contributed by atoms with Crippen molar-refractivity contribution in [1.82, 2.24) is 10.2 Å². The number of hydrogen-bond donors (Lipinski definition) is 2. The second-order valence-electron chi connectivity index (χ2n) is 4.65. The molecule has 0 spiro atoms. The molecule has 1 heterocycles. The number of aromatic nitrogens is 2. The number of rotatable bonds is 2. The summed E-state index contributed by atoms with van der Waals surface area (Å²) in [6.45, 7) is 0. The highest BCUT2D eigenvalue weighted by Gasteiger charge is 2.26. The van der Waals surface area contributed by atoms with E-state index in [1.807, 2.05) is 12.1 Å². The average molecular weight is 242 g/mol. The van der Waals surface area contributed by atoms with Crippen LogP contribution in [0.1, 0.15) is 45.9 Å². The van der Waals surface area contributed by atoms with Gasteiger partial charge in [0.15, 0.2) is 0 Å². The van der Waals surface area contributed by atoms with Crippen LogP contribution in [0, 0.1) is 0 Å². The molecule has 4 nitrogen and oxygen atoms in total. The highest BCUT2D eigenvalue weighted by molar-refractivity contribution is 5.89. The van der Waals surface area contributed by atoms with Gasteiger partial charge in [-0.1, -0.05) is 24.3 Å². The summed E-state index contributed by atoms with van der Waals surface area (Å²) in [7, 11) is 0. The van der Waals surface area contributed by atoms with E-state index in [-0.39, 0.29) is 11.5 Å². The Morgan fingerprint density at radius 3 is 3.06 bits per heavy atom. The number of carboxylic acid groups (broad SMARTS) is 1. The van der Waals surface area contributed by atoms with E-state index in [2.05, 4.69) is 22.3 Å². The zero-order chi connectivity index (χ0) is 12.5. The zero-order valence-electron chi connectivity index (χ0n) is 9.89. The van der Waals surface area contributed by atoms with E-state index in [9.17, 15) is 9.90 Å². The highest BCUT2D eigenvalue weighted by Crippen LogP contribution is 2.36. The van der Waals surface area contributed by atoms with Crippen LogP contribution in [-0.2, 0) is 6.42 Å². The Kier molecular flexibility index (Phi) is 2.63. The summed E-state index contributed by atoms with van der Waals surface area (Å²) in [6, 6.07) is 8.25. The monoisotopic (exact) mass is 242 g/mol. The first kappa shape index (κ1) is 11.0. The second-order valence-corrected chi connectivity index (χ2v) is 4.65. The molecule has 18 heavy (non-hydrogen) atoms. The quantitative estimate of drug-likeness (QED) is 0.850. The number of aryl methyl sites for hydroxylation is 1. The third-order valence-corrected chi connectivity index (χ3v) is 3.62. The van der Waals surface area contributed by atoms with Crippen molar-refractivity contribution >= 4 is 5.97 Å². The normalized spacial score (nSPS) is 18.3. The lowest BCUT2D eigenvalue weighted by Crippen LogP contribution is -2.14. The molecule has 0 saturated carbocycles. The molecule has 0 radical (unpaired) electrons. The van der Waals surface area contributed by atoms with E-state index < -0.39 is 5.97 Å². The standard InChI is InChI=1S/C14H14N2O2/c17-14(18)12-8-15-16-13(12)11-7-3-5-9-4-1-2-6-10(9)11/h1-2,4,6,8,11H,3,5,7H2,(H,15,16)(H,17,18). The number of fused-ring (bicyclic) bond motifs is 1. The lowest BCUT2D eigenvalue weighted by atomic mass is 9.80. The summed E-state index contributed by atoms with van der Waals surface area (Å²) in [5.41, 5.74) is 3.57. The van der Waals surface area contributed by atoms with Gasteiger partial charge >= 0.3 is 5.97 Å². The number of aromatic carboxylic acids is 1. The third-order valence-electron chi connectivity index (χ3n) is 3.62. The van der Waals surface area contributed by atoms with Crippen LogP contribution in [0.3, 0.4) is 0 Å². The number of H-pyrrole nitrogens is 1. The van der Waals surface area contributed by atoms with Crippen molar-refractivity contribution in [3.05, 3.63) is 52.8 Å². The summed E-state index contributed by atoms with van der Waals surface area (Å²) in [6.07, 6.45) is 4.53. The van der Waals surface area contributed by atoms with Crippen molar-refractivity contribution in [3.63, 3.8) is 0 Å². The van der Waals surface area contributed by atoms with Crippen molar-refractivity contribution in [2.45, 2.75) is 25.2 Å². The Balaban J connectivity index is 2.08. The number of nitrogens with one attached hydrogen (secondary N) is 1. The Bertz CT molecular complexity index is 589. The first-order valence-corrected chi connectivity index (χ1v) is 6.11. The predicted octanol–water partition coefficient (Wildman–Crippen LogP) is 2.58. The lowest BCUT2D eigenvalue weighted by molar-refractivity contribution is 0.0695. The van der Waals surface area contributed by atoms with Crippen molar-refractivity contribution in [2.24, 2.45) is 0 Å². The van der Waals surface area contributed by atoms with Gasteiger partial charge in [-0.2, -0.15) is 5.10 Å². The van der Waals surface area contributed by atoms with E-state index in [0.29, 0.717) is 0 Å².